The number of rotatable bonds is 4. The molecule has 0 aromatic carbocycles. The maximum atomic E-state index is 6.23. The molecule has 0 aromatic heterocycles. The Kier molecular flexibility index (Phi) is 4.43. The zero-order valence-electron chi connectivity index (χ0n) is 8.50. The number of ether oxygens (including phenoxy) is 3. The third-order valence-corrected chi connectivity index (χ3v) is 3.44. The normalized spacial score (nSPS) is 30.2. The van der Waals surface area contributed by atoms with Gasteiger partial charge in [0.1, 0.15) is 0 Å². The molecule has 14 heavy (non-hydrogen) atoms. The van der Waals surface area contributed by atoms with Gasteiger partial charge in [0, 0.05) is 20.8 Å². The summed E-state index contributed by atoms with van der Waals surface area (Å²) in [6.45, 7) is 1.42. The summed E-state index contributed by atoms with van der Waals surface area (Å²) in [5.41, 5.74) is -0.764. The monoisotopic (exact) mass is 243 g/mol. The summed E-state index contributed by atoms with van der Waals surface area (Å²) in [7, 11) is 4.85. The molecule has 1 aliphatic rings. The van der Waals surface area contributed by atoms with E-state index in [9.17, 15) is 0 Å². The maximum Gasteiger partial charge on any atom is 0.221 e. The highest BCUT2D eigenvalue weighted by Gasteiger charge is 2.49. The van der Waals surface area contributed by atoms with Crippen molar-refractivity contribution in [2.24, 2.45) is 0 Å². The summed E-state index contributed by atoms with van der Waals surface area (Å²) in [4.78, 5) is 1.94. The quantitative estimate of drug-likeness (QED) is 0.692. The van der Waals surface area contributed by atoms with Crippen molar-refractivity contribution in [3.63, 3.8) is 0 Å². The molecule has 3 atom stereocenters. The van der Waals surface area contributed by atoms with E-state index in [0.29, 0.717) is 6.61 Å². The lowest BCUT2D eigenvalue weighted by molar-refractivity contribution is -0.136. The van der Waals surface area contributed by atoms with Gasteiger partial charge in [-0.25, -0.2) is 0 Å². The second-order valence-corrected chi connectivity index (χ2v) is 4.14. The fourth-order valence-electron chi connectivity index (χ4n) is 1.43. The largest absolute Gasteiger partial charge is 0.361 e. The Morgan fingerprint density at radius 3 is 2.57 bits per heavy atom. The standard InChI is InChI=1S/C8H15Cl2NO3/c1-11-4-5-14-7(11)8(10,13-3)6(9)12-2/h6-7H,4-5H2,1-3H3/t6-,7?,8+/m0/s1. The third kappa shape index (κ3) is 2.15. The van der Waals surface area contributed by atoms with Crippen LogP contribution in [0.3, 0.4) is 0 Å². The van der Waals surface area contributed by atoms with Gasteiger partial charge in [-0.1, -0.05) is 23.2 Å². The van der Waals surface area contributed by atoms with Crippen molar-refractivity contribution in [1.82, 2.24) is 4.90 Å². The highest BCUT2D eigenvalue weighted by Crippen LogP contribution is 2.34. The van der Waals surface area contributed by atoms with Crippen LogP contribution < -0.4 is 0 Å². The summed E-state index contributed by atoms with van der Waals surface area (Å²) in [5.74, 6) is 0. The van der Waals surface area contributed by atoms with Crippen LogP contribution in [0.2, 0.25) is 0 Å². The van der Waals surface area contributed by atoms with Crippen molar-refractivity contribution in [3.8, 4) is 0 Å². The van der Waals surface area contributed by atoms with Gasteiger partial charge in [0.2, 0.25) is 5.06 Å². The Morgan fingerprint density at radius 2 is 2.21 bits per heavy atom. The minimum absolute atomic E-state index is 0.392. The first-order chi connectivity index (χ1) is 6.56. The summed E-state index contributed by atoms with van der Waals surface area (Å²) >= 11 is 12.2. The number of alkyl halides is 2. The Bertz CT molecular complexity index is 195. The second kappa shape index (κ2) is 4.96. The molecule has 0 bridgehead atoms. The molecule has 0 saturated carbocycles. The van der Waals surface area contributed by atoms with Crippen molar-refractivity contribution in [1.29, 1.82) is 0 Å². The topological polar surface area (TPSA) is 30.9 Å². The SMILES string of the molecule is CO[C@H](Cl)[C@@](Cl)(OC)C1OCCN1C. The minimum Gasteiger partial charge on any atom is -0.361 e. The van der Waals surface area contributed by atoms with Crippen LogP contribution in [0.5, 0.6) is 0 Å². The van der Waals surface area contributed by atoms with Gasteiger partial charge in [-0.2, -0.15) is 0 Å². The van der Waals surface area contributed by atoms with Crippen LogP contribution in [0.4, 0.5) is 0 Å². The van der Waals surface area contributed by atoms with Crippen LogP contribution in [0.25, 0.3) is 0 Å². The average molecular weight is 244 g/mol. The van der Waals surface area contributed by atoms with Crippen LogP contribution in [0.1, 0.15) is 0 Å². The lowest BCUT2D eigenvalue weighted by atomic mass is 10.3. The molecule has 0 amide bonds. The van der Waals surface area contributed by atoms with Gasteiger partial charge >= 0.3 is 0 Å². The molecule has 4 nitrogen and oxygen atoms in total. The van der Waals surface area contributed by atoms with E-state index < -0.39 is 16.9 Å². The molecule has 84 valence electrons. The van der Waals surface area contributed by atoms with Gasteiger partial charge in [-0.3, -0.25) is 4.90 Å². The average Bonchev–Trinajstić information content (AvgIpc) is 2.62. The van der Waals surface area contributed by atoms with E-state index in [2.05, 4.69) is 0 Å². The molecule has 0 aliphatic carbocycles. The van der Waals surface area contributed by atoms with Crippen LogP contribution in [0, 0.1) is 0 Å². The summed E-state index contributed by atoms with van der Waals surface area (Å²) in [6, 6.07) is 0. The number of hydrogen-bond donors (Lipinski definition) is 0. The Balaban J connectivity index is 2.77. The minimum atomic E-state index is -1.18. The second-order valence-electron chi connectivity index (χ2n) is 3.16. The van der Waals surface area contributed by atoms with Crippen LogP contribution >= 0.6 is 23.2 Å². The fourth-order valence-corrected chi connectivity index (χ4v) is 1.95. The van der Waals surface area contributed by atoms with Gasteiger partial charge < -0.3 is 14.2 Å². The molecule has 1 unspecified atom stereocenters. The maximum absolute atomic E-state index is 6.23. The van der Waals surface area contributed by atoms with Crippen molar-refractivity contribution in [3.05, 3.63) is 0 Å². The molecule has 0 N–H and O–H groups in total. The first-order valence-electron chi connectivity index (χ1n) is 4.29. The van der Waals surface area contributed by atoms with E-state index in [1.807, 2.05) is 11.9 Å². The fraction of sp³-hybridized carbons (Fsp3) is 1.00. The molecule has 1 rings (SSSR count). The van der Waals surface area contributed by atoms with Crippen molar-refractivity contribution >= 4 is 23.2 Å². The lowest BCUT2D eigenvalue weighted by Crippen LogP contribution is -2.52. The molecule has 1 saturated heterocycles. The van der Waals surface area contributed by atoms with Crippen LogP contribution in [-0.2, 0) is 14.2 Å². The number of likely N-dealkylation sites (N-methyl/N-ethyl adjacent to an activating group) is 1. The molecule has 0 spiro atoms. The van der Waals surface area contributed by atoms with E-state index in [-0.39, 0.29) is 0 Å². The van der Waals surface area contributed by atoms with E-state index >= 15 is 0 Å². The smallest absolute Gasteiger partial charge is 0.221 e. The molecule has 0 radical (unpaired) electrons. The predicted molar refractivity (Wildman–Crippen MR) is 54.6 cm³/mol. The lowest BCUT2D eigenvalue weighted by Gasteiger charge is -2.36. The highest BCUT2D eigenvalue weighted by molar-refractivity contribution is 6.31. The number of hydrogen-bond acceptors (Lipinski definition) is 4. The number of methoxy groups -OCH3 is 2. The molecule has 6 heteroatoms. The Morgan fingerprint density at radius 1 is 1.57 bits per heavy atom. The number of nitrogens with zero attached hydrogens (tertiary/aromatic N) is 1. The summed E-state index contributed by atoms with van der Waals surface area (Å²) in [5, 5.41) is -1.18. The van der Waals surface area contributed by atoms with Crippen molar-refractivity contribution < 1.29 is 14.2 Å². The molecule has 1 fully saturated rings. The molecular weight excluding hydrogens is 229 g/mol. The van der Waals surface area contributed by atoms with E-state index in [4.69, 9.17) is 37.4 Å². The zero-order valence-corrected chi connectivity index (χ0v) is 10.0. The molecule has 0 aromatic rings. The number of halogens is 2. The molecule has 1 heterocycles. The van der Waals surface area contributed by atoms with Gasteiger partial charge in [-0.05, 0) is 7.05 Å². The van der Waals surface area contributed by atoms with E-state index in [0.717, 1.165) is 6.54 Å². The first kappa shape index (κ1) is 12.5. The Labute approximate surface area is 94.0 Å². The van der Waals surface area contributed by atoms with Crippen LogP contribution in [-0.4, -0.2) is 56.2 Å². The third-order valence-electron chi connectivity index (χ3n) is 2.29. The predicted octanol–water partition coefficient (Wildman–Crippen LogP) is 1.07. The summed E-state index contributed by atoms with van der Waals surface area (Å²) < 4.78 is 15.6. The van der Waals surface area contributed by atoms with Gasteiger partial charge in [-0.15, -0.1) is 0 Å². The van der Waals surface area contributed by atoms with E-state index in [1.54, 1.807) is 0 Å². The Hall–Kier alpha value is 0.420. The zero-order chi connectivity index (χ0) is 10.8. The highest BCUT2D eigenvalue weighted by atomic mass is 35.5. The summed E-state index contributed by atoms with van der Waals surface area (Å²) in [6.07, 6.45) is -0.392. The van der Waals surface area contributed by atoms with Gasteiger partial charge in [0.15, 0.2) is 11.8 Å². The first-order valence-corrected chi connectivity index (χ1v) is 5.10. The molecular formula is C8H15Cl2NO3. The van der Waals surface area contributed by atoms with Crippen molar-refractivity contribution in [2.75, 3.05) is 34.4 Å². The molecule has 1 aliphatic heterocycles. The van der Waals surface area contributed by atoms with Gasteiger partial charge in [0.25, 0.3) is 0 Å². The van der Waals surface area contributed by atoms with Crippen LogP contribution in [0.15, 0.2) is 0 Å². The van der Waals surface area contributed by atoms with Gasteiger partial charge in [0.05, 0.1) is 6.61 Å². The van der Waals surface area contributed by atoms with E-state index in [1.165, 1.54) is 14.2 Å². The van der Waals surface area contributed by atoms with Crippen molar-refractivity contribution in [2.45, 2.75) is 16.9 Å².